The molecule has 0 spiro atoms. The lowest BCUT2D eigenvalue weighted by atomic mass is 10.2. The van der Waals surface area contributed by atoms with Gasteiger partial charge in [-0.3, -0.25) is 4.79 Å². The lowest BCUT2D eigenvalue weighted by Gasteiger charge is -2.06. The first-order valence-electron chi connectivity index (χ1n) is 8.70. The standard InChI is InChI=1S/C19H18FN5OS/c1-12-15-3-2-4-16(15)24-25(12)17-9-10-19(23-22-17)27-11-18(26)21-14-7-5-13(20)6-8-14/h5-10H,2-4,11H2,1H3,(H,21,26). The lowest BCUT2D eigenvalue weighted by molar-refractivity contribution is -0.113. The van der Waals surface area contributed by atoms with Crippen LogP contribution in [0.25, 0.3) is 5.82 Å². The highest BCUT2D eigenvalue weighted by Crippen LogP contribution is 2.26. The van der Waals surface area contributed by atoms with Gasteiger partial charge in [0, 0.05) is 11.4 Å². The van der Waals surface area contributed by atoms with Crippen molar-refractivity contribution in [1.82, 2.24) is 20.0 Å². The molecule has 0 radical (unpaired) electrons. The minimum Gasteiger partial charge on any atom is -0.325 e. The van der Waals surface area contributed by atoms with Crippen LogP contribution in [-0.2, 0) is 17.6 Å². The van der Waals surface area contributed by atoms with Crippen molar-refractivity contribution in [3.8, 4) is 5.82 Å². The fourth-order valence-corrected chi connectivity index (χ4v) is 3.76. The van der Waals surface area contributed by atoms with Gasteiger partial charge in [0.25, 0.3) is 0 Å². The highest BCUT2D eigenvalue weighted by Gasteiger charge is 2.20. The van der Waals surface area contributed by atoms with E-state index in [9.17, 15) is 9.18 Å². The SMILES string of the molecule is Cc1c2c(nn1-c1ccc(SCC(=O)Nc3ccc(F)cc3)nn1)CCC2. The number of thioether (sulfide) groups is 1. The van der Waals surface area contributed by atoms with E-state index in [2.05, 4.69) is 27.5 Å². The third-order valence-corrected chi connectivity index (χ3v) is 5.41. The van der Waals surface area contributed by atoms with Crippen molar-refractivity contribution in [2.75, 3.05) is 11.1 Å². The van der Waals surface area contributed by atoms with E-state index in [1.807, 2.05) is 16.8 Å². The number of halogens is 1. The monoisotopic (exact) mass is 383 g/mol. The van der Waals surface area contributed by atoms with E-state index < -0.39 is 0 Å². The van der Waals surface area contributed by atoms with Gasteiger partial charge in [-0.2, -0.15) is 5.10 Å². The summed E-state index contributed by atoms with van der Waals surface area (Å²) in [5.74, 6) is 0.356. The third kappa shape index (κ3) is 3.85. The summed E-state index contributed by atoms with van der Waals surface area (Å²) in [4.78, 5) is 12.0. The zero-order valence-corrected chi connectivity index (χ0v) is 15.6. The average Bonchev–Trinajstić information content (AvgIpc) is 3.26. The number of carbonyl (C=O) groups is 1. The Bertz CT molecular complexity index is 969. The number of carbonyl (C=O) groups excluding carboxylic acids is 1. The summed E-state index contributed by atoms with van der Waals surface area (Å²) in [5, 5.41) is 16.5. The molecule has 0 saturated heterocycles. The summed E-state index contributed by atoms with van der Waals surface area (Å²) in [7, 11) is 0. The maximum atomic E-state index is 12.9. The van der Waals surface area contributed by atoms with Crippen LogP contribution in [0.5, 0.6) is 0 Å². The molecule has 1 aromatic carbocycles. The van der Waals surface area contributed by atoms with Crippen molar-refractivity contribution < 1.29 is 9.18 Å². The van der Waals surface area contributed by atoms with Gasteiger partial charge in [0.1, 0.15) is 10.8 Å². The number of aryl methyl sites for hydroxylation is 1. The Labute approximate surface area is 160 Å². The quantitative estimate of drug-likeness (QED) is 0.684. The molecular formula is C19H18FN5OS. The molecule has 1 aliphatic rings. The molecule has 3 aromatic rings. The molecule has 2 aromatic heterocycles. The molecule has 4 rings (SSSR count). The first-order chi connectivity index (χ1) is 13.1. The van der Waals surface area contributed by atoms with E-state index in [1.54, 1.807) is 0 Å². The minimum absolute atomic E-state index is 0.183. The van der Waals surface area contributed by atoms with Crippen LogP contribution in [0, 0.1) is 12.7 Å². The number of benzene rings is 1. The van der Waals surface area contributed by atoms with E-state index in [4.69, 9.17) is 0 Å². The van der Waals surface area contributed by atoms with Crippen molar-refractivity contribution in [1.29, 1.82) is 0 Å². The van der Waals surface area contributed by atoms with E-state index in [1.165, 1.54) is 48.0 Å². The normalized spacial score (nSPS) is 12.8. The summed E-state index contributed by atoms with van der Waals surface area (Å²) in [6.45, 7) is 2.06. The van der Waals surface area contributed by atoms with E-state index in [0.717, 1.165) is 24.2 Å². The van der Waals surface area contributed by atoms with Crippen molar-refractivity contribution in [3.63, 3.8) is 0 Å². The minimum atomic E-state index is -0.338. The highest BCUT2D eigenvalue weighted by atomic mass is 32.2. The molecule has 138 valence electrons. The maximum Gasteiger partial charge on any atom is 0.234 e. The number of hydrogen-bond donors (Lipinski definition) is 1. The molecule has 2 heterocycles. The van der Waals surface area contributed by atoms with E-state index >= 15 is 0 Å². The fourth-order valence-electron chi connectivity index (χ4n) is 3.15. The highest BCUT2D eigenvalue weighted by molar-refractivity contribution is 7.99. The summed E-state index contributed by atoms with van der Waals surface area (Å²) in [6.07, 6.45) is 3.26. The topological polar surface area (TPSA) is 72.7 Å². The van der Waals surface area contributed by atoms with Gasteiger partial charge in [0.2, 0.25) is 5.91 Å². The van der Waals surface area contributed by atoms with Crippen LogP contribution in [0.1, 0.15) is 23.4 Å². The molecule has 0 aliphatic heterocycles. The first kappa shape index (κ1) is 17.7. The Balaban J connectivity index is 1.37. The van der Waals surface area contributed by atoms with Crippen LogP contribution in [0.2, 0.25) is 0 Å². The Morgan fingerprint density at radius 1 is 1.19 bits per heavy atom. The molecule has 1 aliphatic carbocycles. The van der Waals surface area contributed by atoms with Crippen molar-refractivity contribution in [3.05, 3.63) is 59.2 Å². The van der Waals surface area contributed by atoms with Gasteiger partial charge < -0.3 is 5.32 Å². The van der Waals surface area contributed by atoms with Gasteiger partial charge >= 0.3 is 0 Å². The van der Waals surface area contributed by atoms with Gasteiger partial charge in [-0.05, 0) is 68.1 Å². The molecule has 0 atom stereocenters. The Kier molecular flexibility index (Phi) is 4.89. The molecular weight excluding hydrogens is 365 g/mol. The van der Waals surface area contributed by atoms with Crippen molar-refractivity contribution in [2.45, 2.75) is 31.2 Å². The number of nitrogens with zero attached hydrogens (tertiary/aromatic N) is 4. The number of fused-ring (bicyclic) bond motifs is 1. The van der Waals surface area contributed by atoms with Gasteiger partial charge in [0.15, 0.2) is 5.82 Å². The molecule has 6 nitrogen and oxygen atoms in total. The molecule has 1 N–H and O–H groups in total. The van der Waals surface area contributed by atoms with Crippen LogP contribution in [0.4, 0.5) is 10.1 Å². The van der Waals surface area contributed by atoms with Crippen molar-refractivity contribution >= 4 is 23.4 Å². The number of amides is 1. The van der Waals surface area contributed by atoms with Gasteiger partial charge in [-0.25, -0.2) is 9.07 Å². The fraction of sp³-hybridized carbons (Fsp3) is 0.263. The zero-order chi connectivity index (χ0) is 18.8. The average molecular weight is 383 g/mol. The predicted molar refractivity (Wildman–Crippen MR) is 102 cm³/mol. The van der Waals surface area contributed by atoms with Gasteiger partial charge in [0.05, 0.1) is 11.4 Å². The summed E-state index contributed by atoms with van der Waals surface area (Å²) < 4.78 is 14.7. The number of nitrogens with one attached hydrogen (secondary N) is 1. The third-order valence-electron chi connectivity index (χ3n) is 4.49. The largest absolute Gasteiger partial charge is 0.325 e. The number of anilines is 1. The second-order valence-electron chi connectivity index (χ2n) is 6.35. The second kappa shape index (κ2) is 7.48. The Morgan fingerprint density at radius 2 is 2.00 bits per heavy atom. The van der Waals surface area contributed by atoms with Gasteiger partial charge in [-0.1, -0.05) is 11.8 Å². The molecule has 1 amide bonds. The Morgan fingerprint density at radius 3 is 2.70 bits per heavy atom. The predicted octanol–water partition coefficient (Wildman–Crippen LogP) is 3.33. The second-order valence-corrected chi connectivity index (χ2v) is 7.35. The number of rotatable bonds is 5. The van der Waals surface area contributed by atoms with E-state index in [0.29, 0.717) is 16.5 Å². The van der Waals surface area contributed by atoms with Crippen LogP contribution >= 0.6 is 11.8 Å². The molecule has 0 bridgehead atoms. The Hall–Kier alpha value is -2.74. The van der Waals surface area contributed by atoms with Crippen LogP contribution in [0.15, 0.2) is 41.4 Å². The molecule has 27 heavy (non-hydrogen) atoms. The zero-order valence-electron chi connectivity index (χ0n) is 14.8. The first-order valence-corrected chi connectivity index (χ1v) is 9.68. The smallest absolute Gasteiger partial charge is 0.234 e. The summed E-state index contributed by atoms with van der Waals surface area (Å²) in [5.41, 5.74) is 4.17. The van der Waals surface area contributed by atoms with Crippen molar-refractivity contribution in [2.24, 2.45) is 0 Å². The molecule has 0 saturated carbocycles. The number of aromatic nitrogens is 4. The summed E-state index contributed by atoms with van der Waals surface area (Å²) in [6, 6.07) is 9.36. The molecule has 0 unspecified atom stereocenters. The molecule has 0 fully saturated rings. The summed E-state index contributed by atoms with van der Waals surface area (Å²) >= 11 is 1.29. The van der Waals surface area contributed by atoms with Crippen LogP contribution < -0.4 is 5.32 Å². The van der Waals surface area contributed by atoms with Gasteiger partial charge in [-0.15, -0.1) is 10.2 Å². The number of hydrogen-bond acceptors (Lipinski definition) is 5. The van der Waals surface area contributed by atoms with Crippen LogP contribution in [-0.4, -0.2) is 31.6 Å². The lowest BCUT2D eigenvalue weighted by Crippen LogP contribution is -2.14. The maximum absolute atomic E-state index is 12.9. The van der Waals surface area contributed by atoms with Crippen LogP contribution in [0.3, 0.4) is 0 Å². The molecule has 8 heteroatoms. The van der Waals surface area contributed by atoms with E-state index in [-0.39, 0.29) is 17.5 Å².